The maximum atomic E-state index is 12.4. The minimum absolute atomic E-state index is 0.0102. The molecule has 4 aliphatic rings. The van der Waals surface area contributed by atoms with Gasteiger partial charge in [-0.2, -0.15) is 25.3 Å². The van der Waals surface area contributed by atoms with Crippen LogP contribution < -0.4 is 14.8 Å². The molecule has 1 aromatic carbocycles. The summed E-state index contributed by atoms with van der Waals surface area (Å²) in [5, 5.41) is 1.18. The smallest absolute Gasteiger partial charge is 0.335 e. The number of hydroxylamine groups is 2. The van der Waals surface area contributed by atoms with Crippen molar-refractivity contribution >= 4 is 59.9 Å². The van der Waals surface area contributed by atoms with Crippen molar-refractivity contribution in [2.24, 2.45) is 0 Å². The lowest BCUT2D eigenvalue weighted by atomic mass is 9.77. The molecule has 2 unspecified atom stereocenters. The maximum Gasteiger partial charge on any atom is 0.335 e. The molecule has 3 heterocycles. The molecule has 2 atom stereocenters. The van der Waals surface area contributed by atoms with Gasteiger partial charge in [0.1, 0.15) is 18.9 Å². The number of benzene rings is 2. The number of imide groups is 1. The first-order valence-corrected chi connectivity index (χ1v) is 26.4. The van der Waals surface area contributed by atoms with Crippen molar-refractivity contribution < 1.29 is 81.5 Å². The van der Waals surface area contributed by atoms with Crippen LogP contribution in [0.4, 0.5) is 5.69 Å². The van der Waals surface area contributed by atoms with Crippen LogP contribution in [0.25, 0.3) is 17.4 Å². The van der Waals surface area contributed by atoms with Crippen LogP contribution in [0.5, 0.6) is 0 Å². The average molecular weight is 1010 g/mol. The Bertz CT molecular complexity index is 2700. The van der Waals surface area contributed by atoms with Gasteiger partial charge < -0.3 is 33.1 Å². The Morgan fingerprint density at radius 3 is 2.22 bits per heavy atom. The molecule has 0 aromatic heterocycles. The van der Waals surface area contributed by atoms with E-state index in [9.17, 15) is 53.3 Å². The highest BCUT2D eigenvalue weighted by atomic mass is 32.2. The van der Waals surface area contributed by atoms with Gasteiger partial charge in [0.15, 0.2) is 6.04 Å². The summed E-state index contributed by atoms with van der Waals surface area (Å²) in [5.41, 5.74) is 2.06. The number of methoxy groups -OCH3 is 1. The Kier molecular flexibility index (Phi) is 19.2. The van der Waals surface area contributed by atoms with Gasteiger partial charge in [0.05, 0.1) is 74.8 Å². The summed E-state index contributed by atoms with van der Waals surface area (Å²) < 4.78 is 130. The molecule has 21 nitrogen and oxygen atoms in total. The Labute approximate surface area is 395 Å². The fourth-order valence-electron chi connectivity index (χ4n) is 7.93. The molecule has 374 valence electrons. The van der Waals surface area contributed by atoms with Gasteiger partial charge >= 0.3 is 5.97 Å². The zero-order valence-corrected chi connectivity index (χ0v) is 40.4. The number of hydrogen-bond donors (Lipinski definition) is 3. The van der Waals surface area contributed by atoms with E-state index in [0.717, 1.165) is 16.5 Å². The second kappa shape index (κ2) is 24.1. The van der Waals surface area contributed by atoms with E-state index in [0.29, 0.717) is 47.6 Å². The van der Waals surface area contributed by atoms with Gasteiger partial charge in [-0.3, -0.25) is 23.2 Å². The molecule has 3 aliphatic heterocycles. The van der Waals surface area contributed by atoms with Crippen molar-refractivity contribution in [1.82, 2.24) is 9.64 Å². The van der Waals surface area contributed by atoms with Crippen molar-refractivity contribution in [3.8, 4) is 11.3 Å². The lowest BCUT2D eigenvalue weighted by molar-refractivity contribution is -0.198. The summed E-state index contributed by atoms with van der Waals surface area (Å²) in [5.74, 6) is -2.47. The summed E-state index contributed by atoms with van der Waals surface area (Å²) in [6, 6.07) is 11.2. The van der Waals surface area contributed by atoms with Crippen LogP contribution in [0.3, 0.4) is 0 Å². The predicted octanol–water partition coefficient (Wildman–Crippen LogP) is 3.11. The Hall–Kier alpha value is -4.89. The zero-order chi connectivity index (χ0) is 49.7. The summed E-state index contributed by atoms with van der Waals surface area (Å²) in [6.07, 6.45) is 6.92. The summed E-state index contributed by atoms with van der Waals surface area (Å²) in [7, 11) is -11.6. The van der Waals surface area contributed by atoms with Crippen LogP contribution in [-0.2, 0) is 73.9 Å². The Balaban J connectivity index is 1.40. The molecule has 0 saturated carbocycles. The van der Waals surface area contributed by atoms with E-state index in [-0.39, 0.29) is 89.0 Å². The second-order valence-corrected chi connectivity index (χ2v) is 20.8. The third-order valence-electron chi connectivity index (χ3n) is 11.3. The SMILES string of the molecule is COCCOCC(C)[N+](CCCS(=O)(=O)O)=c1ccc2c(/C=C/C=C3/N(CCOCCOCCC(=O)ON4C(=O)CCC4=O)c4ccc(S(=O)(=O)O)cc4C3(C)CCCS(=O)(=O)O)ccoc-2c1. The summed E-state index contributed by atoms with van der Waals surface area (Å²) in [4.78, 5) is 41.9. The molecule has 0 bridgehead atoms. The van der Waals surface area contributed by atoms with Gasteiger partial charge in [0.25, 0.3) is 42.2 Å². The quantitative estimate of drug-likeness (QED) is 0.0428. The number of anilines is 1. The first-order valence-electron chi connectivity index (χ1n) is 21.7. The van der Waals surface area contributed by atoms with Gasteiger partial charge in [-0.05, 0) is 74.2 Å². The van der Waals surface area contributed by atoms with E-state index in [1.807, 2.05) is 47.6 Å². The number of ether oxygens (including phenoxy) is 4. The molecule has 1 fully saturated rings. The van der Waals surface area contributed by atoms with E-state index >= 15 is 0 Å². The maximum absolute atomic E-state index is 12.4. The van der Waals surface area contributed by atoms with Gasteiger partial charge in [-0.25, -0.2) is 9.37 Å². The van der Waals surface area contributed by atoms with Crippen molar-refractivity contribution in [3.05, 3.63) is 83.1 Å². The highest BCUT2D eigenvalue weighted by Gasteiger charge is 2.44. The van der Waals surface area contributed by atoms with E-state index in [1.165, 1.54) is 24.5 Å². The fraction of sp³-hybridized carbons (Fsp3) is 0.500. The van der Waals surface area contributed by atoms with E-state index in [2.05, 4.69) is 0 Å². The Morgan fingerprint density at radius 1 is 0.868 bits per heavy atom. The minimum atomic E-state index is -4.65. The van der Waals surface area contributed by atoms with Crippen LogP contribution in [0.1, 0.15) is 63.5 Å². The molecule has 0 spiro atoms. The second-order valence-electron chi connectivity index (χ2n) is 16.3. The number of carbonyl (C=O) groups is 3. The molecule has 1 saturated heterocycles. The van der Waals surface area contributed by atoms with E-state index in [1.54, 1.807) is 25.3 Å². The van der Waals surface area contributed by atoms with Gasteiger partial charge in [-0.15, -0.1) is 5.06 Å². The average Bonchev–Trinajstić information content (AvgIpc) is 3.70. The van der Waals surface area contributed by atoms with E-state index < -0.39 is 65.1 Å². The molecule has 1 aliphatic carbocycles. The molecule has 3 N–H and O–H groups in total. The minimum Gasteiger partial charge on any atom is -0.464 e. The fourth-order valence-corrected chi connectivity index (χ4v) is 9.44. The first kappa shape index (κ1) is 54.1. The first-order chi connectivity index (χ1) is 32.1. The monoisotopic (exact) mass is 1010 g/mol. The highest BCUT2D eigenvalue weighted by Crippen LogP contribution is 2.51. The number of rotatable bonds is 27. The van der Waals surface area contributed by atoms with Crippen molar-refractivity contribution in [3.63, 3.8) is 0 Å². The number of allylic oxidation sites excluding steroid dienone is 3. The molecule has 68 heavy (non-hydrogen) atoms. The van der Waals surface area contributed by atoms with Crippen LogP contribution in [0.15, 0.2) is 75.9 Å². The number of hydrogen-bond acceptors (Lipinski definition) is 16. The van der Waals surface area contributed by atoms with Crippen molar-refractivity contribution in [1.29, 1.82) is 0 Å². The van der Waals surface area contributed by atoms with Crippen LogP contribution >= 0.6 is 0 Å². The lowest BCUT2D eigenvalue weighted by Crippen LogP contribution is -2.41. The summed E-state index contributed by atoms with van der Waals surface area (Å²) in [6.45, 7) is 5.53. The molecule has 24 heteroatoms. The number of nitrogens with zero attached hydrogens (tertiary/aromatic N) is 3. The Morgan fingerprint density at radius 2 is 1.54 bits per heavy atom. The normalized spacial score (nSPS) is 18.3. The molecular weight excluding hydrogens is 955 g/mol. The van der Waals surface area contributed by atoms with Gasteiger partial charge in [0, 0.05) is 61.3 Å². The number of fused-ring (bicyclic) bond motifs is 2. The largest absolute Gasteiger partial charge is 0.464 e. The van der Waals surface area contributed by atoms with Gasteiger partial charge in [-0.1, -0.05) is 12.2 Å². The summed E-state index contributed by atoms with van der Waals surface area (Å²) >= 11 is 0. The van der Waals surface area contributed by atoms with E-state index in [4.69, 9.17) is 28.2 Å². The lowest BCUT2D eigenvalue weighted by Gasteiger charge is -2.30. The predicted molar refractivity (Wildman–Crippen MR) is 246 cm³/mol. The molecular formula is C44H58N3O18S3+. The number of amides is 2. The molecule has 1 aromatic rings. The third kappa shape index (κ3) is 15.3. The highest BCUT2D eigenvalue weighted by molar-refractivity contribution is 7.86. The molecule has 2 amide bonds. The zero-order valence-electron chi connectivity index (χ0n) is 38.0. The topological polar surface area (TPSA) is 283 Å². The van der Waals surface area contributed by atoms with Crippen LogP contribution in [0, 0.1) is 0 Å². The van der Waals surface area contributed by atoms with Crippen LogP contribution in [-0.4, -0.2) is 146 Å². The third-order valence-corrected chi connectivity index (χ3v) is 13.7. The van der Waals surface area contributed by atoms with Crippen LogP contribution in [0.2, 0.25) is 0 Å². The van der Waals surface area contributed by atoms with Crippen molar-refractivity contribution in [2.75, 3.05) is 82.9 Å². The van der Waals surface area contributed by atoms with Crippen molar-refractivity contribution in [2.45, 2.75) is 68.7 Å². The van der Waals surface area contributed by atoms with Gasteiger partial charge in [0.2, 0.25) is 5.36 Å². The number of carbonyl (C=O) groups excluding carboxylic acids is 3. The standard InChI is InChI=1S/C44H57N3O18S3/c1-32(31-63-24-23-60-3)45(18-6-28-67(54,55)56)34-9-11-36-33(15-21-64-39(36)29-34)7-4-8-40-44(2,17-5-27-66(51,52)53)37-30-35(68(57,58)59)10-12-38(37)46(40)19-22-62-26-25-61-20-16-43(50)65-47-41(48)13-14-42(47)49/h4,7-12,15,21,29-30,32H,5-6,13-14,16-20,22-28,31H2,1-3H3,(H2-,51,52,53,54,55,56,57,58,59)/p+1. The molecule has 5 rings (SSSR count). The molecule has 0 radical (unpaired) electrons.